The number of terminal acetylenes is 1. The Labute approximate surface area is 88.5 Å². The molecule has 0 spiro atoms. The van der Waals surface area contributed by atoms with E-state index in [0.717, 1.165) is 0 Å². The number of hydrogen-bond acceptors (Lipinski definition) is 3. The third-order valence-electron chi connectivity index (χ3n) is 1.60. The second-order valence-corrected chi connectivity index (χ2v) is 3.66. The molecule has 3 nitrogen and oxygen atoms in total. The molecule has 0 fully saturated rings. The molecule has 0 atom stereocenters. The van der Waals surface area contributed by atoms with Gasteiger partial charge in [0.05, 0.1) is 24.7 Å². The van der Waals surface area contributed by atoms with Gasteiger partial charge in [-0.2, -0.15) is 0 Å². The highest BCUT2D eigenvalue weighted by molar-refractivity contribution is 6.29. The molecule has 0 aliphatic heterocycles. The van der Waals surface area contributed by atoms with Gasteiger partial charge in [0.2, 0.25) is 0 Å². The standard InChI is InChI=1S/C10H11ClN2O/c1-4-10(2,3)14-7-8-5-13-9(11)6-12-8/h1,5-6H,7H2,2-3H3. The van der Waals surface area contributed by atoms with E-state index < -0.39 is 5.60 Å². The van der Waals surface area contributed by atoms with Crippen molar-refractivity contribution in [1.29, 1.82) is 0 Å². The van der Waals surface area contributed by atoms with Crippen LogP contribution in [-0.2, 0) is 11.3 Å². The van der Waals surface area contributed by atoms with Gasteiger partial charge >= 0.3 is 0 Å². The summed E-state index contributed by atoms with van der Waals surface area (Å²) in [5, 5.41) is 0.366. The fourth-order valence-electron chi connectivity index (χ4n) is 0.710. The highest BCUT2D eigenvalue weighted by atomic mass is 35.5. The van der Waals surface area contributed by atoms with Crippen molar-refractivity contribution in [2.45, 2.75) is 26.1 Å². The number of nitrogens with zero attached hydrogens (tertiary/aromatic N) is 2. The minimum Gasteiger partial charge on any atom is -0.357 e. The first kappa shape index (κ1) is 11.0. The van der Waals surface area contributed by atoms with Crippen LogP contribution in [0, 0.1) is 12.3 Å². The average Bonchev–Trinajstić information content (AvgIpc) is 2.17. The first-order valence-electron chi connectivity index (χ1n) is 4.11. The third-order valence-corrected chi connectivity index (χ3v) is 1.80. The van der Waals surface area contributed by atoms with E-state index in [1.165, 1.54) is 6.20 Å². The van der Waals surface area contributed by atoms with Gasteiger partial charge in [-0.1, -0.05) is 17.5 Å². The number of hydrogen-bond donors (Lipinski definition) is 0. The monoisotopic (exact) mass is 210 g/mol. The molecule has 0 N–H and O–H groups in total. The molecule has 74 valence electrons. The van der Waals surface area contributed by atoms with Gasteiger partial charge in [-0.3, -0.25) is 4.98 Å². The first-order chi connectivity index (χ1) is 6.53. The van der Waals surface area contributed by atoms with Crippen LogP contribution >= 0.6 is 11.6 Å². The van der Waals surface area contributed by atoms with Gasteiger partial charge < -0.3 is 4.74 Å². The Morgan fingerprint density at radius 2 is 2.21 bits per heavy atom. The van der Waals surface area contributed by atoms with Gasteiger partial charge in [-0.15, -0.1) is 6.42 Å². The molecule has 0 radical (unpaired) electrons. The van der Waals surface area contributed by atoms with Crippen molar-refractivity contribution in [3.63, 3.8) is 0 Å². The number of halogens is 1. The zero-order valence-corrected chi connectivity index (χ0v) is 8.88. The van der Waals surface area contributed by atoms with Crippen LogP contribution in [0.15, 0.2) is 12.4 Å². The summed E-state index contributed by atoms with van der Waals surface area (Å²) in [6.07, 6.45) is 8.30. The summed E-state index contributed by atoms with van der Waals surface area (Å²) in [4.78, 5) is 7.90. The fourth-order valence-corrected chi connectivity index (χ4v) is 0.807. The van der Waals surface area contributed by atoms with E-state index in [1.54, 1.807) is 6.20 Å². The molecule has 0 bridgehead atoms. The molecule has 1 aromatic heterocycles. The van der Waals surface area contributed by atoms with Gasteiger partial charge in [0.25, 0.3) is 0 Å². The number of aromatic nitrogens is 2. The topological polar surface area (TPSA) is 35.0 Å². The highest BCUT2D eigenvalue weighted by Crippen LogP contribution is 2.10. The predicted molar refractivity (Wildman–Crippen MR) is 54.7 cm³/mol. The molecule has 4 heteroatoms. The van der Waals surface area contributed by atoms with Gasteiger partial charge in [0, 0.05) is 0 Å². The molecule has 1 aromatic rings. The summed E-state index contributed by atoms with van der Waals surface area (Å²) in [5.41, 5.74) is 0.124. The van der Waals surface area contributed by atoms with Crippen LogP contribution in [0.5, 0.6) is 0 Å². The third kappa shape index (κ3) is 3.33. The summed E-state index contributed by atoms with van der Waals surface area (Å²) in [6, 6.07) is 0. The van der Waals surface area contributed by atoms with E-state index in [0.29, 0.717) is 17.5 Å². The van der Waals surface area contributed by atoms with Crippen LogP contribution in [0.25, 0.3) is 0 Å². The Morgan fingerprint density at radius 3 is 2.71 bits per heavy atom. The largest absolute Gasteiger partial charge is 0.357 e. The van der Waals surface area contributed by atoms with Crippen molar-refractivity contribution >= 4 is 11.6 Å². The lowest BCUT2D eigenvalue weighted by Gasteiger charge is -2.17. The Morgan fingerprint density at radius 1 is 1.50 bits per heavy atom. The Kier molecular flexibility index (Phi) is 3.45. The van der Waals surface area contributed by atoms with E-state index >= 15 is 0 Å². The fraction of sp³-hybridized carbons (Fsp3) is 0.400. The molecule has 0 aliphatic carbocycles. The van der Waals surface area contributed by atoms with Crippen molar-refractivity contribution in [3.05, 3.63) is 23.2 Å². The minimum absolute atomic E-state index is 0.335. The van der Waals surface area contributed by atoms with Gasteiger partial charge in [-0.05, 0) is 13.8 Å². The van der Waals surface area contributed by atoms with Crippen LogP contribution in [0.1, 0.15) is 19.5 Å². The van der Waals surface area contributed by atoms with Crippen molar-refractivity contribution in [2.24, 2.45) is 0 Å². The maximum atomic E-state index is 5.58. The second-order valence-electron chi connectivity index (χ2n) is 3.27. The van der Waals surface area contributed by atoms with E-state index in [1.807, 2.05) is 13.8 Å². The molecule has 1 rings (SSSR count). The van der Waals surface area contributed by atoms with Crippen LogP contribution in [-0.4, -0.2) is 15.6 Å². The van der Waals surface area contributed by atoms with Gasteiger partial charge in [0.15, 0.2) is 0 Å². The van der Waals surface area contributed by atoms with Crippen molar-refractivity contribution in [2.75, 3.05) is 0 Å². The predicted octanol–water partition coefficient (Wildman–Crippen LogP) is 2.06. The molecular formula is C10H11ClN2O. The molecular weight excluding hydrogens is 200 g/mol. The average molecular weight is 211 g/mol. The van der Waals surface area contributed by atoms with E-state index in [-0.39, 0.29) is 0 Å². The lowest BCUT2D eigenvalue weighted by Crippen LogP contribution is -2.21. The quantitative estimate of drug-likeness (QED) is 0.717. The molecule has 1 heterocycles. The van der Waals surface area contributed by atoms with E-state index in [4.69, 9.17) is 22.8 Å². The molecule has 0 saturated carbocycles. The smallest absolute Gasteiger partial charge is 0.147 e. The molecule has 0 amide bonds. The van der Waals surface area contributed by atoms with Gasteiger partial charge in [-0.25, -0.2) is 4.98 Å². The van der Waals surface area contributed by atoms with Crippen LogP contribution in [0.2, 0.25) is 5.15 Å². The SMILES string of the molecule is C#CC(C)(C)OCc1cnc(Cl)cn1. The lowest BCUT2D eigenvalue weighted by molar-refractivity contribution is 0.0126. The molecule has 14 heavy (non-hydrogen) atoms. The number of ether oxygens (including phenoxy) is 1. The summed E-state index contributed by atoms with van der Waals surface area (Å²) >= 11 is 5.58. The normalized spacial score (nSPS) is 11.0. The Bertz CT molecular complexity index is 340. The van der Waals surface area contributed by atoms with Crippen molar-refractivity contribution < 1.29 is 4.74 Å². The van der Waals surface area contributed by atoms with Crippen LogP contribution in [0.4, 0.5) is 0 Å². The van der Waals surface area contributed by atoms with Crippen LogP contribution < -0.4 is 0 Å². The summed E-state index contributed by atoms with van der Waals surface area (Å²) in [5.74, 6) is 2.53. The van der Waals surface area contributed by atoms with Crippen molar-refractivity contribution in [3.8, 4) is 12.3 Å². The van der Waals surface area contributed by atoms with E-state index in [9.17, 15) is 0 Å². The molecule has 0 unspecified atom stereocenters. The maximum Gasteiger partial charge on any atom is 0.147 e. The van der Waals surface area contributed by atoms with E-state index in [2.05, 4.69) is 15.9 Å². The zero-order valence-electron chi connectivity index (χ0n) is 8.12. The molecule has 0 saturated heterocycles. The maximum absolute atomic E-state index is 5.58. The van der Waals surface area contributed by atoms with Crippen LogP contribution in [0.3, 0.4) is 0 Å². The number of rotatable bonds is 3. The first-order valence-corrected chi connectivity index (χ1v) is 4.49. The lowest BCUT2D eigenvalue weighted by atomic mass is 10.1. The zero-order chi connectivity index (χ0) is 10.6. The summed E-state index contributed by atoms with van der Waals surface area (Å²) in [7, 11) is 0. The van der Waals surface area contributed by atoms with Crippen molar-refractivity contribution in [1.82, 2.24) is 9.97 Å². The molecule has 0 aromatic carbocycles. The summed E-state index contributed by atoms with van der Waals surface area (Å²) < 4.78 is 5.42. The second kappa shape index (κ2) is 4.41. The molecule has 0 aliphatic rings. The Hall–Kier alpha value is -1.11. The highest BCUT2D eigenvalue weighted by Gasteiger charge is 2.14. The summed E-state index contributed by atoms with van der Waals surface area (Å²) in [6.45, 7) is 3.97. The Balaban J connectivity index is 2.55. The minimum atomic E-state index is -0.582. The van der Waals surface area contributed by atoms with Gasteiger partial charge in [0.1, 0.15) is 10.8 Å².